The lowest BCUT2D eigenvalue weighted by Crippen LogP contribution is -2.28. The Morgan fingerprint density at radius 1 is 1.17 bits per heavy atom. The summed E-state index contributed by atoms with van der Waals surface area (Å²) in [6.07, 6.45) is 0.482. The number of amides is 1. The molecular weight excluding hydrogens is 288 g/mol. The van der Waals surface area contributed by atoms with Crippen molar-refractivity contribution in [1.29, 1.82) is 0 Å². The van der Waals surface area contributed by atoms with Crippen molar-refractivity contribution in [2.45, 2.75) is 40.2 Å². The molecule has 0 aliphatic carbocycles. The third kappa shape index (κ3) is 3.18. The van der Waals surface area contributed by atoms with Gasteiger partial charge in [-0.2, -0.15) is 0 Å². The normalized spacial score (nSPS) is 17.7. The highest BCUT2D eigenvalue weighted by molar-refractivity contribution is 5.96. The van der Waals surface area contributed by atoms with E-state index in [0.717, 1.165) is 34.2 Å². The van der Waals surface area contributed by atoms with Gasteiger partial charge in [0.15, 0.2) is 0 Å². The molecule has 0 unspecified atom stereocenters. The number of hydrogen-bond donors (Lipinski definition) is 1. The van der Waals surface area contributed by atoms with Gasteiger partial charge in [0.1, 0.15) is 11.6 Å². The van der Waals surface area contributed by atoms with Gasteiger partial charge in [-0.1, -0.05) is 12.1 Å². The van der Waals surface area contributed by atoms with Crippen molar-refractivity contribution in [1.82, 2.24) is 9.97 Å². The molecule has 0 radical (unpaired) electrons. The van der Waals surface area contributed by atoms with Gasteiger partial charge in [-0.25, -0.2) is 9.97 Å². The number of aryl methyl sites for hydroxylation is 3. The van der Waals surface area contributed by atoms with Gasteiger partial charge in [0, 0.05) is 29.9 Å². The average Bonchev–Trinajstić information content (AvgIpc) is 2.85. The molecule has 1 aliphatic heterocycles. The van der Waals surface area contributed by atoms with E-state index >= 15 is 0 Å². The first-order valence-electron chi connectivity index (χ1n) is 7.89. The number of carbonyl (C=O) groups is 1. The van der Waals surface area contributed by atoms with Crippen LogP contribution in [0.4, 0.5) is 11.5 Å². The topological polar surface area (TPSA) is 58.1 Å². The summed E-state index contributed by atoms with van der Waals surface area (Å²) in [5.74, 6) is 1.72. The first kappa shape index (κ1) is 15.5. The predicted molar refractivity (Wildman–Crippen MR) is 91.8 cm³/mol. The Hall–Kier alpha value is -2.43. The van der Waals surface area contributed by atoms with E-state index in [0.29, 0.717) is 13.0 Å². The lowest BCUT2D eigenvalue weighted by molar-refractivity contribution is -0.117. The number of nitrogens with one attached hydrogen (secondary N) is 1. The highest BCUT2D eigenvalue weighted by atomic mass is 16.2. The van der Waals surface area contributed by atoms with E-state index in [4.69, 9.17) is 0 Å². The summed E-state index contributed by atoms with van der Waals surface area (Å²) in [5.41, 5.74) is 4.13. The first-order chi connectivity index (χ1) is 10.9. The van der Waals surface area contributed by atoms with Crippen molar-refractivity contribution in [3.05, 3.63) is 46.9 Å². The van der Waals surface area contributed by atoms with Crippen molar-refractivity contribution in [3.8, 4) is 0 Å². The zero-order valence-electron chi connectivity index (χ0n) is 14.1. The third-order valence-corrected chi connectivity index (χ3v) is 4.28. The third-order valence-electron chi connectivity index (χ3n) is 4.28. The molecule has 5 heteroatoms. The summed E-state index contributed by atoms with van der Waals surface area (Å²) in [7, 11) is 0. The van der Waals surface area contributed by atoms with Crippen LogP contribution in [0.2, 0.25) is 0 Å². The zero-order valence-corrected chi connectivity index (χ0v) is 14.1. The second-order valence-corrected chi connectivity index (χ2v) is 6.22. The molecule has 2 heterocycles. The summed E-state index contributed by atoms with van der Waals surface area (Å²) in [5, 5.41) is 3.42. The summed E-state index contributed by atoms with van der Waals surface area (Å²) >= 11 is 0. The minimum Gasteiger partial charge on any atom is -0.365 e. The van der Waals surface area contributed by atoms with Gasteiger partial charge in [0.05, 0.1) is 6.04 Å². The number of anilines is 2. The summed E-state index contributed by atoms with van der Waals surface area (Å²) in [4.78, 5) is 23.1. The second kappa shape index (κ2) is 5.99. The zero-order chi connectivity index (χ0) is 16.6. The maximum Gasteiger partial charge on any atom is 0.229 e. The fraction of sp³-hybridized carbons (Fsp3) is 0.389. The maximum absolute atomic E-state index is 12.4. The molecule has 1 saturated heterocycles. The Bertz CT molecular complexity index is 757. The minimum absolute atomic E-state index is 0.0652. The van der Waals surface area contributed by atoms with Crippen LogP contribution in [0.5, 0.6) is 0 Å². The maximum atomic E-state index is 12.4. The van der Waals surface area contributed by atoms with Gasteiger partial charge in [-0.05, 0) is 45.4 Å². The van der Waals surface area contributed by atoms with Crippen LogP contribution in [0, 0.1) is 27.7 Å². The molecule has 3 rings (SSSR count). The van der Waals surface area contributed by atoms with Crippen LogP contribution in [0.25, 0.3) is 0 Å². The van der Waals surface area contributed by atoms with E-state index in [1.165, 1.54) is 0 Å². The van der Waals surface area contributed by atoms with Crippen LogP contribution in [0.1, 0.15) is 29.1 Å². The van der Waals surface area contributed by atoms with Crippen molar-refractivity contribution >= 4 is 17.4 Å². The number of hydrogen-bond acceptors (Lipinski definition) is 4. The number of carbonyl (C=O) groups excluding carboxylic acids is 1. The molecule has 1 amide bonds. The monoisotopic (exact) mass is 310 g/mol. The quantitative estimate of drug-likeness (QED) is 0.947. The van der Waals surface area contributed by atoms with Gasteiger partial charge in [-0.3, -0.25) is 4.79 Å². The van der Waals surface area contributed by atoms with E-state index in [1.54, 1.807) is 0 Å². The predicted octanol–water partition coefficient (Wildman–Crippen LogP) is 2.93. The Morgan fingerprint density at radius 2 is 1.96 bits per heavy atom. The van der Waals surface area contributed by atoms with E-state index in [1.807, 2.05) is 56.9 Å². The Balaban J connectivity index is 1.78. The molecule has 1 aromatic carbocycles. The molecule has 1 aromatic heterocycles. The van der Waals surface area contributed by atoms with E-state index in [-0.39, 0.29) is 11.9 Å². The average molecular weight is 310 g/mol. The van der Waals surface area contributed by atoms with Crippen LogP contribution in [-0.4, -0.2) is 28.5 Å². The van der Waals surface area contributed by atoms with Crippen molar-refractivity contribution in [2.24, 2.45) is 0 Å². The molecule has 0 saturated carbocycles. The molecule has 23 heavy (non-hydrogen) atoms. The minimum atomic E-state index is 0.0652. The summed E-state index contributed by atoms with van der Waals surface area (Å²) < 4.78 is 0. The lowest BCUT2D eigenvalue weighted by Gasteiger charge is -2.19. The van der Waals surface area contributed by atoms with E-state index < -0.39 is 0 Å². The van der Waals surface area contributed by atoms with Gasteiger partial charge < -0.3 is 10.2 Å². The smallest absolute Gasteiger partial charge is 0.229 e. The SMILES string of the molecule is Cc1cccc(N2C[C@H](Nc3nc(C)nc(C)c3C)CC2=O)c1. The Morgan fingerprint density at radius 3 is 2.70 bits per heavy atom. The van der Waals surface area contributed by atoms with Gasteiger partial charge in [0.2, 0.25) is 5.91 Å². The highest BCUT2D eigenvalue weighted by Gasteiger charge is 2.31. The molecule has 1 fully saturated rings. The molecule has 0 spiro atoms. The number of rotatable bonds is 3. The Labute approximate surface area is 136 Å². The van der Waals surface area contributed by atoms with Crippen molar-refractivity contribution < 1.29 is 4.79 Å². The number of benzene rings is 1. The lowest BCUT2D eigenvalue weighted by atomic mass is 10.2. The highest BCUT2D eigenvalue weighted by Crippen LogP contribution is 2.25. The van der Waals surface area contributed by atoms with Gasteiger partial charge in [0.25, 0.3) is 0 Å². The van der Waals surface area contributed by atoms with E-state index in [2.05, 4.69) is 15.3 Å². The van der Waals surface area contributed by atoms with Crippen molar-refractivity contribution in [3.63, 3.8) is 0 Å². The standard InChI is InChI=1S/C18H22N4O/c1-11-6-5-7-16(8-11)22-10-15(9-17(22)23)21-18-12(2)13(3)19-14(4)20-18/h5-8,15H,9-10H2,1-4H3,(H,19,20,21)/t15-/m1/s1. The molecule has 1 aliphatic rings. The number of aromatic nitrogens is 2. The molecule has 1 atom stereocenters. The van der Waals surface area contributed by atoms with Gasteiger partial charge in [-0.15, -0.1) is 0 Å². The van der Waals surface area contributed by atoms with Crippen LogP contribution >= 0.6 is 0 Å². The second-order valence-electron chi connectivity index (χ2n) is 6.22. The molecular formula is C18H22N4O. The summed E-state index contributed by atoms with van der Waals surface area (Å²) in [6.45, 7) is 8.57. The molecule has 5 nitrogen and oxygen atoms in total. The van der Waals surface area contributed by atoms with Crippen molar-refractivity contribution in [2.75, 3.05) is 16.8 Å². The van der Waals surface area contributed by atoms with Crippen LogP contribution < -0.4 is 10.2 Å². The van der Waals surface area contributed by atoms with Crippen LogP contribution in [-0.2, 0) is 4.79 Å². The molecule has 0 bridgehead atoms. The van der Waals surface area contributed by atoms with Gasteiger partial charge >= 0.3 is 0 Å². The van der Waals surface area contributed by atoms with Crippen LogP contribution in [0.3, 0.4) is 0 Å². The Kier molecular flexibility index (Phi) is 4.03. The van der Waals surface area contributed by atoms with E-state index in [9.17, 15) is 4.79 Å². The van der Waals surface area contributed by atoms with Crippen LogP contribution in [0.15, 0.2) is 24.3 Å². The largest absolute Gasteiger partial charge is 0.365 e. The molecule has 2 aromatic rings. The number of nitrogens with zero attached hydrogens (tertiary/aromatic N) is 3. The summed E-state index contributed by atoms with van der Waals surface area (Å²) in [6, 6.07) is 8.12. The first-order valence-corrected chi connectivity index (χ1v) is 7.89. The fourth-order valence-corrected chi connectivity index (χ4v) is 2.95. The molecule has 120 valence electrons. The molecule has 1 N–H and O–H groups in total. The fourth-order valence-electron chi connectivity index (χ4n) is 2.95.